The number of carbonyl (C=O) groups excluding carboxylic acids is 1. The summed E-state index contributed by atoms with van der Waals surface area (Å²) >= 11 is 0. The van der Waals surface area contributed by atoms with Crippen molar-refractivity contribution < 1.29 is 4.79 Å². The lowest BCUT2D eigenvalue weighted by Gasteiger charge is -2.35. The molecule has 0 aromatic rings. The molecule has 0 radical (unpaired) electrons. The quantitative estimate of drug-likeness (QED) is 0.582. The van der Waals surface area contributed by atoms with Gasteiger partial charge in [-0.3, -0.25) is 9.79 Å². The molecule has 2 heterocycles. The van der Waals surface area contributed by atoms with Gasteiger partial charge < -0.3 is 20.9 Å². The maximum absolute atomic E-state index is 11.1. The Morgan fingerprint density at radius 3 is 2.65 bits per heavy atom. The molecule has 0 aromatic carbocycles. The number of amides is 1. The summed E-state index contributed by atoms with van der Waals surface area (Å²) in [4.78, 5) is 20.4. The summed E-state index contributed by atoms with van der Waals surface area (Å²) < 4.78 is 0. The normalized spacial score (nSPS) is 24.7. The van der Waals surface area contributed by atoms with Crippen LogP contribution in [0, 0.1) is 11.8 Å². The molecule has 1 unspecified atom stereocenters. The van der Waals surface area contributed by atoms with Crippen LogP contribution < -0.4 is 11.1 Å². The maximum Gasteiger partial charge on any atom is 0.217 e. The van der Waals surface area contributed by atoms with E-state index in [0.717, 1.165) is 50.9 Å². The van der Waals surface area contributed by atoms with Gasteiger partial charge in [-0.15, -0.1) is 0 Å². The van der Waals surface area contributed by atoms with E-state index >= 15 is 0 Å². The molecule has 2 aliphatic rings. The summed E-state index contributed by atoms with van der Waals surface area (Å²) in [5.41, 5.74) is 5.34. The monoisotopic (exact) mass is 323 g/mol. The largest absolute Gasteiger partial charge is 0.370 e. The molecule has 0 aromatic heterocycles. The zero-order valence-electron chi connectivity index (χ0n) is 14.8. The van der Waals surface area contributed by atoms with Gasteiger partial charge in [0, 0.05) is 39.6 Å². The fraction of sp³-hybridized carbons (Fsp3) is 0.882. The van der Waals surface area contributed by atoms with Crippen LogP contribution in [0.15, 0.2) is 4.99 Å². The van der Waals surface area contributed by atoms with E-state index < -0.39 is 0 Å². The van der Waals surface area contributed by atoms with Gasteiger partial charge in [0.2, 0.25) is 5.91 Å². The van der Waals surface area contributed by atoms with Gasteiger partial charge in [-0.25, -0.2) is 0 Å². The van der Waals surface area contributed by atoms with Crippen LogP contribution >= 0.6 is 0 Å². The molecule has 1 atom stereocenters. The van der Waals surface area contributed by atoms with Crippen LogP contribution in [0.3, 0.4) is 0 Å². The second-order valence-corrected chi connectivity index (χ2v) is 7.12. The molecule has 0 bridgehead atoms. The highest BCUT2D eigenvalue weighted by Crippen LogP contribution is 2.19. The number of nitrogens with zero attached hydrogens (tertiary/aromatic N) is 3. The van der Waals surface area contributed by atoms with Crippen LogP contribution in [0.2, 0.25) is 0 Å². The third-order valence-electron chi connectivity index (χ3n) is 5.11. The van der Waals surface area contributed by atoms with Gasteiger partial charge in [-0.05, 0) is 50.6 Å². The molecule has 0 spiro atoms. The van der Waals surface area contributed by atoms with Crippen LogP contribution in [0.25, 0.3) is 0 Å². The van der Waals surface area contributed by atoms with Crippen LogP contribution in [0.4, 0.5) is 0 Å². The Kier molecular flexibility index (Phi) is 7.15. The number of hydrogen-bond acceptors (Lipinski definition) is 3. The molecule has 2 saturated heterocycles. The SMILES string of the molecule is CN=C(NCCN1CCC(C)CC1)N1CCCC(CC(N)=O)C1. The van der Waals surface area contributed by atoms with Gasteiger partial charge in [-0.2, -0.15) is 0 Å². The number of rotatable bonds is 5. The number of guanidine groups is 1. The number of hydrogen-bond donors (Lipinski definition) is 2. The molecule has 2 fully saturated rings. The summed E-state index contributed by atoms with van der Waals surface area (Å²) in [7, 11) is 1.84. The van der Waals surface area contributed by atoms with Gasteiger partial charge in [0.15, 0.2) is 5.96 Å². The Hall–Kier alpha value is -1.30. The van der Waals surface area contributed by atoms with Crippen molar-refractivity contribution in [1.29, 1.82) is 0 Å². The van der Waals surface area contributed by atoms with Crippen LogP contribution in [-0.2, 0) is 4.79 Å². The van der Waals surface area contributed by atoms with Gasteiger partial charge in [0.1, 0.15) is 0 Å². The minimum atomic E-state index is -0.195. The third kappa shape index (κ3) is 6.01. The fourth-order valence-electron chi connectivity index (χ4n) is 3.65. The van der Waals surface area contributed by atoms with Gasteiger partial charge in [0.25, 0.3) is 0 Å². The number of nitrogens with one attached hydrogen (secondary N) is 1. The summed E-state index contributed by atoms with van der Waals surface area (Å²) in [5.74, 6) is 2.01. The predicted molar refractivity (Wildman–Crippen MR) is 94.3 cm³/mol. The van der Waals surface area contributed by atoms with E-state index in [1.807, 2.05) is 7.05 Å². The van der Waals surface area contributed by atoms with Gasteiger partial charge >= 0.3 is 0 Å². The molecule has 2 aliphatic heterocycles. The lowest BCUT2D eigenvalue weighted by Crippen LogP contribution is -2.49. The molecule has 6 nitrogen and oxygen atoms in total. The molecule has 132 valence electrons. The number of primary amides is 1. The Morgan fingerprint density at radius 2 is 2.00 bits per heavy atom. The molecule has 0 saturated carbocycles. The molecular formula is C17H33N5O. The molecule has 2 rings (SSSR count). The first kappa shape index (κ1) is 18.0. The van der Waals surface area contributed by atoms with E-state index in [2.05, 4.69) is 27.0 Å². The van der Waals surface area contributed by atoms with Crippen molar-refractivity contribution in [3.05, 3.63) is 0 Å². The lowest BCUT2D eigenvalue weighted by molar-refractivity contribution is -0.119. The number of likely N-dealkylation sites (tertiary alicyclic amines) is 2. The minimum absolute atomic E-state index is 0.195. The number of aliphatic imine (C=N–C) groups is 1. The predicted octanol–water partition coefficient (Wildman–Crippen LogP) is 0.881. The minimum Gasteiger partial charge on any atom is -0.370 e. The van der Waals surface area contributed by atoms with E-state index in [4.69, 9.17) is 5.73 Å². The van der Waals surface area contributed by atoms with Crippen LogP contribution in [0.5, 0.6) is 0 Å². The highest BCUT2D eigenvalue weighted by molar-refractivity contribution is 5.80. The van der Waals surface area contributed by atoms with Crippen molar-refractivity contribution in [2.45, 2.75) is 39.0 Å². The number of nitrogens with two attached hydrogens (primary N) is 1. The highest BCUT2D eigenvalue weighted by Gasteiger charge is 2.23. The maximum atomic E-state index is 11.1. The first-order valence-electron chi connectivity index (χ1n) is 9.04. The number of carbonyl (C=O) groups is 1. The van der Waals surface area contributed by atoms with Crippen molar-refractivity contribution in [3.63, 3.8) is 0 Å². The average Bonchev–Trinajstić information content (AvgIpc) is 2.53. The van der Waals surface area contributed by atoms with Crippen LogP contribution in [0.1, 0.15) is 39.0 Å². The summed E-state index contributed by atoms with van der Waals surface area (Å²) in [6.07, 6.45) is 5.30. The first-order chi connectivity index (χ1) is 11.1. The molecule has 1 amide bonds. The zero-order valence-corrected chi connectivity index (χ0v) is 14.8. The van der Waals surface area contributed by atoms with Crippen molar-refractivity contribution >= 4 is 11.9 Å². The Morgan fingerprint density at radius 1 is 1.26 bits per heavy atom. The molecular weight excluding hydrogens is 290 g/mol. The number of piperidine rings is 2. The van der Waals surface area contributed by atoms with E-state index in [1.54, 1.807) is 0 Å². The van der Waals surface area contributed by atoms with Crippen molar-refractivity contribution in [2.75, 3.05) is 46.3 Å². The van der Waals surface area contributed by atoms with Crippen molar-refractivity contribution in [2.24, 2.45) is 22.6 Å². The summed E-state index contributed by atoms with van der Waals surface area (Å²) in [6, 6.07) is 0. The van der Waals surface area contributed by atoms with Gasteiger partial charge in [0.05, 0.1) is 0 Å². The summed E-state index contributed by atoms with van der Waals surface area (Å²) in [5, 5.41) is 3.49. The molecule has 0 aliphatic carbocycles. The fourth-order valence-corrected chi connectivity index (χ4v) is 3.65. The Labute approximate surface area is 140 Å². The lowest BCUT2D eigenvalue weighted by atomic mass is 9.95. The van der Waals surface area contributed by atoms with Crippen molar-refractivity contribution in [1.82, 2.24) is 15.1 Å². The average molecular weight is 323 g/mol. The topological polar surface area (TPSA) is 74.0 Å². The van der Waals surface area contributed by atoms with Crippen molar-refractivity contribution in [3.8, 4) is 0 Å². The second kappa shape index (κ2) is 9.11. The van der Waals surface area contributed by atoms with Crippen LogP contribution in [-0.4, -0.2) is 68.0 Å². The Balaban J connectivity index is 1.73. The van der Waals surface area contributed by atoms with E-state index in [0.29, 0.717) is 12.3 Å². The zero-order chi connectivity index (χ0) is 16.7. The highest BCUT2D eigenvalue weighted by atomic mass is 16.1. The van der Waals surface area contributed by atoms with E-state index in [1.165, 1.54) is 25.9 Å². The standard InChI is InChI=1S/C17H33N5O/c1-14-5-9-21(10-6-14)11-7-20-17(19-2)22-8-3-4-15(13-22)12-16(18)23/h14-15H,3-13H2,1-2H3,(H2,18,23)(H,19,20). The first-order valence-corrected chi connectivity index (χ1v) is 9.04. The third-order valence-corrected chi connectivity index (χ3v) is 5.11. The molecule has 3 N–H and O–H groups in total. The smallest absolute Gasteiger partial charge is 0.217 e. The molecule has 6 heteroatoms. The Bertz CT molecular complexity index is 404. The van der Waals surface area contributed by atoms with E-state index in [9.17, 15) is 4.79 Å². The summed E-state index contributed by atoms with van der Waals surface area (Å²) in [6.45, 7) is 8.66. The van der Waals surface area contributed by atoms with Gasteiger partial charge in [-0.1, -0.05) is 6.92 Å². The molecule has 23 heavy (non-hydrogen) atoms. The van der Waals surface area contributed by atoms with E-state index in [-0.39, 0.29) is 5.91 Å². The second-order valence-electron chi connectivity index (χ2n) is 7.12.